The van der Waals surface area contributed by atoms with E-state index in [1.165, 1.54) is 17.2 Å². The first-order valence-corrected chi connectivity index (χ1v) is 20.8. The van der Waals surface area contributed by atoms with Gasteiger partial charge in [0.1, 0.15) is 11.6 Å². The SMILES string of the molecule is C[C@@H]1[C@@H](C)C/C=C(\F)[C@H](COCCCN2CCOCC2)N2CC[C@H]2CN2C[C@@]3(CCCc4cc(Cl)ccc43)COc3ccc(cc32)C(=O)NS1(=O)=O. The largest absolute Gasteiger partial charge is 0.490 e. The number of morpholine rings is 1. The van der Waals surface area contributed by atoms with E-state index < -0.39 is 33.1 Å². The van der Waals surface area contributed by atoms with Crippen LogP contribution in [0.5, 0.6) is 5.75 Å². The number of carbonyl (C=O) groups excluding carboxylic acids is 1. The van der Waals surface area contributed by atoms with E-state index in [0.29, 0.717) is 37.1 Å². The topological polar surface area (TPSA) is 101 Å². The quantitative estimate of drug-likeness (QED) is 0.392. The second-order valence-electron chi connectivity index (χ2n) is 15.3. The Balaban J connectivity index is 1.20. The molecule has 0 saturated carbocycles. The number of anilines is 1. The third-order valence-corrected chi connectivity index (χ3v) is 14.1. The number of hydrogen-bond donors (Lipinski definition) is 1. The molecular weight excluding hydrogens is 707 g/mol. The summed E-state index contributed by atoms with van der Waals surface area (Å²) in [6.07, 6.45) is 6.32. The van der Waals surface area contributed by atoms with Crippen molar-refractivity contribution >= 4 is 33.2 Å². The lowest BCUT2D eigenvalue weighted by molar-refractivity contribution is -0.00539. The molecule has 13 heteroatoms. The van der Waals surface area contributed by atoms with Gasteiger partial charge in [0.15, 0.2) is 0 Å². The lowest BCUT2D eigenvalue weighted by Crippen LogP contribution is -2.60. The van der Waals surface area contributed by atoms with Crippen molar-refractivity contribution in [2.75, 3.05) is 77.2 Å². The van der Waals surface area contributed by atoms with Crippen LogP contribution < -0.4 is 14.4 Å². The van der Waals surface area contributed by atoms with Gasteiger partial charge in [0.2, 0.25) is 10.0 Å². The van der Waals surface area contributed by atoms with Gasteiger partial charge >= 0.3 is 0 Å². The fourth-order valence-corrected chi connectivity index (χ4v) is 10.0. The Morgan fingerprint density at radius 1 is 1.12 bits per heavy atom. The van der Waals surface area contributed by atoms with Crippen LogP contribution in [0.15, 0.2) is 48.3 Å². The summed E-state index contributed by atoms with van der Waals surface area (Å²) in [5.41, 5.74) is 3.08. The molecule has 52 heavy (non-hydrogen) atoms. The summed E-state index contributed by atoms with van der Waals surface area (Å²) in [5.74, 6) is -0.797. The molecule has 284 valence electrons. The molecule has 2 fully saturated rings. The lowest BCUT2D eigenvalue weighted by atomic mass is 9.70. The van der Waals surface area contributed by atoms with Gasteiger partial charge in [-0.1, -0.05) is 30.7 Å². The van der Waals surface area contributed by atoms with Crippen LogP contribution in [0, 0.1) is 5.92 Å². The van der Waals surface area contributed by atoms with E-state index in [2.05, 4.69) is 31.6 Å². The molecule has 4 heterocycles. The fourth-order valence-electron chi connectivity index (χ4n) is 8.53. The third kappa shape index (κ3) is 8.03. The fraction of sp³-hybridized carbons (Fsp3) is 0.615. The number of sulfonamides is 1. The lowest BCUT2D eigenvalue weighted by Gasteiger charge is -2.49. The maximum absolute atomic E-state index is 16.4. The van der Waals surface area contributed by atoms with E-state index in [-0.39, 0.29) is 35.9 Å². The van der Waals surface area contributed by atoms with Crippen LogP contribution >= 0.6 is 11.6 Å². The number of amides is 1. The molecule has 4 aliphatic heterocycles. The predicted molar refractivity (Wildman–Crippen MR) is 201 cm³/mol. The average molecular weight is 759 g/mol. The number of halogens is 2. The van der Waals surface area contributed by atoms with E-state index >= 15 is 4.39 Å². The molecule has 2 aromatic rings. The second-order valence-corrected chi connectivity index (χ2v) is 17.8. The minimum absolute atomic E-state index is 0.0273. The number of nitrogens with zero attached hydrogens (tertiary/aromatic N) is 3. The highest BCUT2D eigenvalue weighted by Crippen LogP contribution is 2.45. The number of hydrogen-bond acceptors (Lipinski definition) is 9. The molecule has 1 amide bonds. The molecule has 1 N–H and O–H groups in total. The van der Waals surface area contributed by atoms with Gasteiger partial charge in [-0.3, -0.25) is 14.6 Å². The van der Waals surface area contributed by atoms with Gasteiger partial charge in [0.05, 0.1) is 43.4 Å². The first-order valence-electron chi connectivity index (χ1n) is 18.9. The summed E-state index contributed by atoms with van der Waals surface area (Å²) >= 11 is 6.45. The highest BCUT2D eigenvalue weighted by molar-refractivity contribution is 7.90. The zero-order chi connectivity index (χ0) is 36.5. The number of ether oxygens (including phenoxy) is 3. The average Bonchev–Trinajstić information content (AvgIpc) is 3.27. The maximum atomic E-state index is 16.4. The molecule has 0 aromatic heterocycles. The van der Waals surface area contributed by atoms with Gasteiger partial charge in [-0.15, -0.1) is 0 Å². The van der Waals surface area contributed by atoms with Crippen LogP contribution in [-0.4, -0.2) is 114 Å². The highest BCUT2D eigenvalue weighted by Gasteiger charge is 2.44. The summed E-state index contributed by atoms with van der Waals surface area (Å²) in [5, 5.41) is -0.219. The van der Waals surface area contributed by atoms with Gasteiger partial charge in [-0.25, -0.2) is 17.5 Å². The number of benzene rings is 2. The molecule has 10 nitrogen and oxygen atoms in total. The molecule has 0 unspecified atom stereocenters. The Kier molecular flexibility index (Phi) is 11.5. The van der Waals surface area contributed by atoms with E-state index in [4.69, 9.17) is 25.8 Å². The molecule has 2 aromatic carbocycles. The molecule has 7 rings (SSSR count). The molecule has 1 aliphatic carbocycles. The van der Waals surface area contributed by atoms with Crippen LogP contribution in [0.3, 0.4) is 0 Å². The first kappa shape index (κ1) is 37.6. The maximum Gasteiger partial charge on any atom is 0.264 e. The molecular formula is C39H52ClFN4O6S. The van der Waals surface area contributed by atoms with Crippen molar-refractivity contribution in [2.45, 2.75) is 75.1 Å². The number of aryl methyl sites for hydroxylation is 1. The number of carbonyl (C=O) groups is 1. The Morgan fingerprint density at radius 3 is 2.73 bits per heavy atom. The van der Waals surface area contributed by atoms with Crippen LogP contribution in [0.2, 0.25) is 5.02 Å². The van der Waals surface area contributed by atoms with Crippen molar-refractivity contribution in [3.8, 4) is 5.75 Å². The molecule has 5 atom stereocenters. The summed E-state index contributed by atoms with van der Waals surface area (Å²) in [7, 11) is -4.06. The van der Waals surface area contributed by atoms with E-state index in [9.17, 15) is 13.2 Å². The number of fused-ring (bicyclic) bond motifs is 4. The monoisotopic (exact) mass is 758 g/mol. The van der Waals surface area contributed by atoms with Crippen molar-refractivity contribution in [3.05, 3.63) is 70.0 Å². The predicted octanol–water partition coefficient (Wildman–Crippen LogP) is 5.34. The van der Waals surface area contributed by atoms with Crippen LogP contribution in [0.25, 0.3) is 0 Å². The Labute approximate surface area is 312 Å². The van der Waals surface area contributed by atoms with Gasteiger partial charge in [0.25, 0.3) is 5.91 Å². The molecule has 2 bridgehead atoms. The Bertz CT molecular complexity index is 1760. The third-order valence-electron chi connectivity index (χ3n) is 12.0. The zero-order valence-electron chi connectivity index (χ0n) is 30.3. The van der Waals surface area contributed by atoms with Crippen molar-refractivity contribution in [2.24, 2.45) is 5.92 Å². The smallest absolute Gasteiger partial charge is 0.264 e. The number of nitrogens with one attached hydrogen (secondary N) is 1. The minimum Gasteiger partial charge on any atom is -0.490 e. The van der Waals surface area contributed by atoms with Crippen LogP contribution in [0.4, 0.5) is 10.1 Å². The van der Waals surface area contributed by atoms with Gasteiger partial charge in [-0.2, -0.15) is 0 Å². The Morgan fingerprint density at radius 2 is 1.94 bits per heavy atom. The van der Waals surface area contributed by atoms with Crippen molar-refractivity contribution < 1.29 is 31.8 Å². The van der Waals surface area contributed by atoms with E-state index in [0.717, 1.165) is 77.2 Å². The van der Waals surface area contributed by atoms with E-state index in [1.54, 1.807) is 32.0 Å². The molecule has 2 saturated heterocycles. The number of allylic oxidation sites excluding steroid dienone is 1. The van der Waals surface area contributed by atoms with Crippen LogP contribution in [-0.2, 0) is 31.3 Å². The highest BCUT2D eigenvalue weighted by atomic mass is 35.5. The summed E-state index contributed by atoms with van der Waals surface area (Å²) < 4.78 is 63.9. The van der Waals surface area contributed by atoms with Crippen molar-refractivity contribution in [1.82, 2.24) is 14.5 Å². The number of rotatable bonds is 6. The summed E-state index contributed by atoms with van der Waals surface area (Å²) in [4.78, 5) is 20.4. The van der Waals surface area contributed by atoms with Gasteiger partial charge in [0, 0.05) is 67.9 Å². The van der Waals surface area contributed by atoms with E-state index in [1.807, 2.05) is 6.07 Å². The minimum atomic E-state index is -4.06. The zero-order valence-corrected chi connectivity index (χ0v) is 31.9. The standard InChI is InChI=1S/C39H52ClFN4O6S/c1-27-6-10-34(41)36(24-50-18-4-14-43-16-19-49-20-17-43)45-15-12-32(45)23-44-25-39(13-3-5-29-21-31(40)8-9-33(29)39)26-51-37-11-7-30(22-35(37)44)38(46)42-52(47,48)28(27)2/h7-11,21-22,27-28,32,36H,3-6,12-20,23-26H2,1-2H3,(H,42,46)/b34-10-/t27-,28+,32-,36-,39-/m0/s1. The second kappa shape index (κ2) is 15.9. The summed E-state index contributed by atoms with van der Waals surface area (Å²) in [6, 6.07) is 10.7. The van der Waals surface area contributed by atoms with Gasteiger partial charge in [-0.05, 0) is 92.8 Å². The normalized spacial score (nSPS) is 30.9. The molecule has 5 aliphatic rings. The van der Waals surface area contributed by atoms with Crippen molar-refractivity contribution in [3.63, 3.8) is 0 Å². The summed E-state index contributed by atoms with van der Waals surface area (Å²) in [6.45, 7) is 10.7. The van der Waals surface area contributed by atoms with Gasteiger partial charge < -0.3 is 19.1 Å². The van der Waals surface area contributed by atoms with Crippen LogP contribution in [0.1, 0.15) is 67.4 Å². The molecule has 1 spiro atoms. The Hall–Kier alpha value is -2.74. The molecule has 0 radical (unpaired) electrons. The first-order chi connectivity index (χ1) is 25.0. The van der Waals surface area contributed by atoms with Crippen molar-refractivity contribution in [1.29, 1.82) is 0 Å².